The lowest BCUT2D eigenvalue weighted by atomic mass is 9.97. The van der Waals surface area contributed by atoms with Crippen molar-refractivity contribution < 1.29 is 9.32 Å². The molecule has 1 aromatic heterocycles. The maximum absolute atomic E-state index is 12.1. The van der Waals surface area contributed by atoms with Crippen LogP contribution in [-0.2, 0) is 0 Å². The molecule has 128 valence electrons. The molecule has 0 unspecified atom stereocenters. The van der Waals surface area contributed by atoms with Crippen LogP contribution in [0, 0.1) is 6.92 Å². The zero-order chi connectivity index (χ0) is 17.5. The highest BCUT2D eigenvalue weighted by atomic mass is 35.5. The molecule has 0 aliphatic rings. The van der Waals surface area contributed by atoms with Gasteiger partial charge in [0.2, 0.25) is 5.88 Å². The molecule has 5 nitrogen and oxygen atoms in total. The molecule has 2 N–H and O–H groups in total. The van der Waals surface area contributed by atoms with Gasteiger partial charge in [0.1, 0.15) is 0 Å². The number of allylic oxidation sites excluding steroid dienone is 1. The van der Waals surface area contributed by atoms with Crippen LogP contribution in [0.2, 0.25) is 5.02 Å². The molecule has 0 fully saturated rings. The zero-order valence-corrected chi connectivity index (χ0v) is 14.9. The Morgan fingerprint density at radius 3 is 2.83 bits per heavy atom. The minimum absolute atomic E-state index is 0.251. The second kappa shape index (κ2) is 8.55. The van der Waals surface area contributed by atoms with Crippen LogP contribution in [0.1, 0.15) is 41.4 Å². The highest BCUT2D eigenvalue weighted by molar-refractivity contribution is 6.30. The average molecular weight is 348 g/mol. The Morgan fingerprint density at radius 1 is 1.38 bits per heavy atom. The molecular weight excluding hydrogens is 326 g/mol. The smallest absolute Gasteiger partial charge is 0.273 e. The van der Waals surface area contributed by atoms with Gasteiger partial charge < -0.3 is 15.2 Å². The summed E-state index contributed by atoms with van der Waals surface area (Å²) >= 11 is 6.12. The number of nitrogens with one attached hydrogen (secondary N) is 2. The van der Waals surface area contributed by atoms with Crippen LogP contribution < -0.4 is 10.6 Å². The van der Waals surface area contributed by atoms with Crippen molar-refractivity contribution in [3.8, 4) is 0 Å². The van der Waals surface area contributed by atoms with Gasteiger partial charge in [-0.3, -0.25) is 4.79 Å². The van der Waals surface area contributed by atoms with Crippen LogP contribution in [0.15, 0.2) is 34.9 Å². The molecule has 0 bridgehead atoms. The fraction of sp³-hybridized carbons (Fsp3) is 0.333. The molecule has 0 aliphatic heterocycles. The van der Waals surface area contributed by atoms with Gasteiger partial charge in [-0.05, 0) is 48.6 Å². The van der Waals surface area contributed by atoms with Gasteiger partial charge >= 0.3 is 0 Å². The van der Waals surface area contributed by atoms with E-state index in [0.29, 0.717) is 17.5 Å². The number of hydrogen-bond donors (Lipinski definition) is 2. The van der Waals surface area contributed by atoms with E-state index in [0.717, 1.165) is 18.4 Å². The number of carbonyl (C=O) groups excluding carboxylic acids is 1. The Labute approximate surface area is 147 Å². The summed E-state index contributed by atoms with van der Waals surface area (Å²) in [6, 6.07) is 7.43. The molecule has 6 heteroatoms. The average Bonchev–Trinajstić information content (AvgIpc) is 3.05. The summed E-state index contributed by atoms with van der Waals surface area (Å²) in [5.74, 6) is 0.209. The Balaban J connectivity index is 2.00. The molecule has 0 aliphatic carbocycles. The number of amides is 1. The molecule has 1 aromatic carbocycles. The third-order valence-corrected chi connectivity index (χ3v) is 3.90. The normalized spacial score (nSPS) is 11.4. The SMILES string of the molecule is CC/C=C(/CCNC(=O)c1cc(NC)on1)c1cc(Cl)ccc1C. The summed E-state index contributed by atoms with van der Waals surface area (Å²) in [7, 11) is 1.71. The van der Waals surface area contributed by atoms with Crippen LogP contribution in [0.5, 0.6) is 0 Å². The number of benzene rings is 1. The van der Waals surface area contributed by atoms with E-state index in [2.05, 4.69) is 35.7 Å². The fourth-order valence-electron chi connectivity index (χ4n) is 2.43. The van der Waals surface area contributed by atoms with Crippen molar-refractivity contribution in [2.24, 2.45) is 0 Å². The molecule has 0 saturated carbocycles. The van der Waals surface area contributed by atoms with Crippen LogP contribution in [0.4, 0.5) is 5.88 Å². The predicted octanol–water partition coefficient (Wildman–Crippen LogP) is 4.29. The molecule has 0 atom stereocenters. The van der Waals surface area contributed by atoms with E-state index in [1.54, 1.807) is 13.1 Å². The van der Waals surface area contributed by atoms with Gasteiger partial charge in [-0.15, -0.1) is 0 Å². The largest absolute Gasteiger partial charge is 0.357 e. The minimum Gasteiger partial charge on any atom is -0.357 e. The summed E-state index contributed by atoms with van der Waals surface area (Å²) in [5, 5.41) is 10.1. The second-order valence-corrected chi connectivity index (χ2v) is 5.87. The number of anilines is 1. The van der Waals surface area contributed by atoms with Gasteiger partial charge in [-0.25, -0.2) is 0 Å². The van der Waals surface area contributed by atoms with E-state index in [4.69, 9.17) is 16.1 Å². The number of aromatic nitrogens is 1. The first kappa shape index (κ1) is 18.1. The number of aryl methyl sites for hydroxylation is 1. The third kappa shape index (κ3) is 4.61. The summed E-state index contributed by atoms with van der Waals surface area (Å²) in [6.07, 6.45) is 3.81. The van der Waals surface area contributed by atoms with Crippen LogP contribution >= 0.6 is 11.6 Å². The monoisotopic (exact) mass is 347 g/mol. The van der Waals surface area contributed by atoms with E-state index in [-0.39, 0.29) is 11.6 Å². The molecule has 0 spiro atoms. The van der Waals surface area contributed by atoms with Crippen molar-refractivity contribution in [2.45, 2.75) is 26.7 Å². The maximum Gasteiger partial charge on any atom is 0.273 e. The molecule has 2 aromatic rings. The molecule has 1 heterocycles. The number of halogens is 1. The Morgan fingerprint density at radius 2 is 2.17 bits per heavy atom. The van der Waals surface area contributed by atoms with Crippen molar-refractivity contribution in [2.75, 3.05) is 18.9 Å². The molecule has 24 heavy (non-hydrogen) atoms. The topological polar surface area (TPSA) is 67.2 Å². The lowest BCUT2D eigenvalue weighted by molar-refractivity contribution is 0.0945. The van der Waals surface area contributed by atoms with Gasteiger partial charge in [0.25, 0.3) is 5.91 Å². The van der Waals surface area contributed by atoms with E-state index in [9.17, 15) is 4.79 Å². The Kier molecular flexibility index (Phi) is 6.44. The third-order valence-electron chi connectivity index (χ3n) is 3.67. The Bertz CT molecular complexity index is 738. The van der Waals surface area contributed by atoms with E-state index < -0.39 is 0 Å². The zero-order valence-electron chi connectivity index (χ0n) is 14.1. The highest BCUT2D eigenvalue weighted by Gasteiger charge is 2.12. The number of hydrogen-bond acceptors (Lipinski definition) is 4. The van der Waals surface area contributed by atoms with Gasteiger partial charge in [0, 0.05) is 24.7 Å². The van der Waals surface area contributed by atoms with Crippen LogP contribution in [0.25, 0.3) is 5.57 Å². The van der Waals surface area contributed by atoms with E-state index in [1.807, 2.05) is 18.2 Å². The number of rotatable bonds is 7. The van der Waals surface area contributed by atoms with Crippen molar-refractivity contribution in [3.05, 3.63) is 52.2 Å². The van der Waals surface area contributed by atoms with E-state index >= 15 is 0 Å². The lowest BCUT2D eigenvalue weighted by Gasteiger charge is -2.12. The van der Waals surface area contributed by atoms with Gasteiger partial charge in [-0.2, -0.15) is 0 Å². The predicted molar refractivity (Wildman–Crippen MR) is 97.5 cm³/mol. The first-order valence-electron chi connectivity index (χ1n) is 7.93. The highest BCUT2D eigenvalue weighted by Crippen LogP contribution is 2.25. The lowest BCUT2D eigenvalue weighted by Crippen LogP contribution is -2.24. The van der Waals surface area contributed by atoms with Crippen molar-refractivity contribution in [3.63, 3.8) is 0 Å². The van der Waals surface area contributed by atoms with E-state index in [1.165, 1.54) is 11.1 Å². The molecule has 0 saturated heterocycles. The van der Waals surface area contributed by atoms with Gasteiger partial charge in [0.15, 0.2) is 5.69 Å². The van der Waals surface area contributed by atoms with Gasteiger partial charge in [-0.1, -0.05) is 35.8 Å². The quantitative estimate of drug-likeness (QED) is 0.784. The Hall–Kier alpha value is -2.27. The summed E-state index contributed by atoms with van der Waals surface area (Å²) in [6.45, 7) is 4.66. The fourth-order valence-corrected chi connectivity index (χ4v) is 2.61. The molecule has 1 amide bonds. The summed E-state index contributed by atoms with van der Waals surface area (Å²) in [5.41, 5.74) is 3.73. The van der Waals surface area contributed by atoms with Gasteiger partial charge in [0.05, 0.1) is 0 Å². The van der Waals surface area contributed by atoms with Crippen molar-refractivity contribution in [1.29, 1.82) is 0 Å². The standard InChI is InChI=1S/C18H22ClN3O2/c1-4-5-13(15-10-14(19)7-6-12(15)2)8-9-21-18(23)16-11-17(20-3)24-22-16/h5-7,10-11,20H,4,8-9H2,1-3H3,(H,21,23)/b13-5-. The van der Waals surface area contributed by atoms with Crippen LogP contribution in [-0.4, -0.2) is 24.7 Å². The minimum atomic E-state index is -0.251. The summed E-state index contributed by atoms with van der Waals surface area (Å²) < 4.78 is 4.95. The number of carbonyl (C=O) groups is 1. The van der Waals surface area contributed by atoms with Crippen LogP contribution in [0.3, 0.4) is 0 Å². The molecule has 0 radical (unpaired) electrons. The number of nitrogens with zero attached hydrogens (tertiary/aromatic N) is 1. The second-order valence-electron chi connectivity index (χ2n) is 5.43. The maximum atomic E-state index is 12.1. The van der Waals surface area contributed by atoms with Crippen molar-refractivity contribution in [1.82, 2.24) is 10.5 Å². The first-order valence-corrected chi connectivity index (χ1v) is 8.31. The molecular formula is C18H22ClN3O2. The first-order chi connectivity index (χ1) is 11.5. The summed E-state index contributed by atoms with van der Waals surface area (Å²) in [4.78, 5) is 12.1. The molecule has 2 rings (SSSR count). The van der Waals surface area contributed by atoms with Crippen molar-refractivity contribution >= 4 is 29.0 Å².